The highest BCUT2D eigenvalue weighted by Gasteiger charge is 2.32. The second-order valence-electron chi connectivity index (χ2n) is 8.50. The summed E-state index contributed by atoms with van der Waals surface area (Å²) in [6.07, 6.45) is 1.68. The topological polar surface area (TPSA) is 69.6 Å². The number of nitrogens with one attached hydrogen (secondary N) is 1. The van der Waals surface area contributed by atoms with Crippen molar-refractivity contribution in [2.75, 3.05) is 6.54 Å². The number of aromatic hydroxyl groups is 1. The van der Waals surface area contributed by atoms with E-state index in [0.717, 1.165) is 16.7 Å². The van der Waals surface area contributed by atoms with E-state index in [2.05, 4.69) is 5.32 Å². The van der Waals surface area contributed by atoms with E-state index in [1.165, 1.54) is 4.90 Å². The maximum absolute atomic E-state index is 12.3. The van der Waals surface area contributed by atoms with Crippen molar-refractivity contribution in [2.45, 2.75) is 59.3 Å². The molecule has 0 bridgehead atoms. The Morgan fingerprint density at radius 3 is 1.88 bits per heavy atom. The molecule has 136 valence electrons. The fourth-order valence-electron chi connectivity index (χ4n) is 2.91. The van der Waals surface area contributed by atoms with Gasteiger partial charge in [-0.2, -0.15) is 0 Å². The van der Waals surface area contributed by atoms with Crippen molar-refractivity contribution in [1.82, 2.24) is 10.2 Å². The summed E-state index contributed by atoms with van der Waals surface area (Å²) in [6.45, 7) is 14.3. The SMILES string of the molecule is CCN1C(=O)N/C(=C/c2cc(C(C)(C)C)c(O)c(C(C)(C)C)c2)C1=O. The molecule has 2 N–H and O–H groups in total. The minimum Gasteiger partial charge on any atom is -0.507 e. The fourth-order valence-corrected chi connectivity index (χ4v) is 2.91. The van der Waals surface area contributed by atoms with E-state index < -0.39 is 6.03 Å². The number of rotatable bonds is 2. The molecule has 0 aromatic heterocycles. The van der Waals surface area contributed by atoms with Crippen LogP contribution in [0.2, 0.25) is 0 Å². The van der Waals surface area contributed by atoms with Gasteiger partial charge in [0.2, 0.25) is 0 Å². The van der Waals surface area contributed by atoms with Gasteiger partial charge in [-0.05, 0) is 41.5 Å². The van der Waals surface area contributed by atoms with Crippen LogP contribution in [0.3, 0.4) is 0 Å². The Morgan fingerprint density at radius 1 is 1.04 bits per heavy atom. The third-order valence-electron chi connectivity index (χ3n) is 4.34. The number of phenolic OH excluding ortho intramolecular Hbond substituents is 1. The lowest BCUT2D eigenvalue weighted by atomic mass is 9.78. The van der Waals surface area contributed by atoms with Crippen molar-refractivity contribution in [1.29, 1.82) is 0 Å². The Morgan fingerprint density at radius 2 is 1.52 bits per heavy atom. The highest BCUT2D eigenvalue weighted by atomic mass is 16.3. The molecule has 25 heavy (non-hydrogen) atoms. The van der Waals surface area contributed by atoms with E-state index in [9.17, 15) is 14.7 Å². The molecule has 0 unspecified atom stereocenters. The molecule has 0 radical (unpaired) electrons. The molecule has 5 heteroatoms. The molecule has 5 nitrogen and oxygen atoms in total. The van der Waals surface area contributed by atoms with Crippen molar-refractivity contribution >= 4 is 18.0 Å². The summed E-state index contributed by atoms with van der Waals surface area (Å²) < 4.78 is 0. The summed E-state index contributed by atoms with van der Waals surface area (Å²) >= 11 is 0. The van der Waals surface area contributed by atoms with Gasteiger partial charge in [0.15, 0.2) is 0 Å². The van der Waals surface area contributed by atoms with Crippen LogP contribution < -0.4 is 5.32 Å². The summed E-state index contributed by atoms with van der Waals surface area (Å²) in [5.74, 6) is -0.0330. The third-order valence-corrected chi connectivity index (χ3v) is 4.34. The molecule has 0 atom stereocenters. The first-order valence-electron chi connectivity index (χ1n) is 8.58. The number of hydrogen-bond donors (Lipinski definition) is 2. The number of hydrogen-bond acceptors (Lipinski definition) is 3. The molecule has 1 aromatic carbocycles. The molecule has 1 aliphatic rings. The number of nitrogens with zero attached hydrogens (tertiary/aromatic N) is 1. The molecule has 1 heterocycles. The van der Waals surface area contributed by atoms with E-state index in [0.29, 0.717) is 12.3 Å². The first-order valence-corrected chi connectivity index (χ1v) is 8.58. The molecule has 0 saturated carbocycles. The monoisotopic (exact) mass is 344 g/mol. The minimum absolute atomic E-state index is 0.253. The van der Waals surface area contributed by atoms with Crippen LogP contribution >= 0.6 is 0 Å². The summed E-state index contributed by atoms with van der Waals surface area (Å²) in [4.78, 5) is 25.3. The first-order chi connectivity index (χ1) is 11.4. The van der Waals surface area contributed by atoms with E-state index in [1.807, 2.05) is 53.7 Å². The summed E-state index contributed by atoms with van der Waals surface area (Å²) in [5, 5.41) is 13.4. The number of urea groups is 1. The average molecular weight is 344 g/mol. The van der Waals surface area contributed by atoms with Gasteiger partial charge in [-0.3, -0.25) is 9.69 Å². The van der Waals surface area contributed by atoms with Gasteiger partial charge >= 0.3 is 6.03 Å². The van der Waals surface area contributed by atoms with Crippen LogP contribution in [-0.2, 0) is 15.6 Å². The fraction of sp³-hybridized carbons (Fsp3) is 0.500. The number of amides is 3. The number of benzene rings is 1. The van der Waals surface area contributed by atoms with Crippen LogP contribution in [0.15, 0.2) is 17.8 Å². The van der Waals surface area contributed by atoms with E-state index >= 15 is 0 Å². The number of phenols is 1. The Hall–Kier alpha value is -2.30. The lowest BCUT2D eigenvalue weighted by Crippen LogP contribution is -2.30. The Balaban J connectivity index is 2.62. The van der Waals surface area contributed by atoms with Crippen molar-refractivity contribution in [3.8, 4) is 5.75 Å². The Labute approximate surface area is 149 Å². The smallest absolute Gasteiger partial charge is 0.328 e. The zero-order valence-corrected chi connectivity index (χ0v) is 16.2. The number of imide groups is 1. The van der Waals surface area contributed by atoms with E-state index in [-0.39, 0.29) is 22.4 Å². The molecule has 0 aliphatic carbocycles. The summed E-state index contributed by atoms with van der Waals surface area (Å²) in [5.41, 5.74) is 2.17. The second kappa shape index (κ2) is 6.21. The van der Waals surface area contributed by atoms with Crippen LogP contribution in [0.5, 0.6) is 5.75 Å². The van der Waals surface area contributed by atoms with Crippen molar-refractivity contribution < 1.29 is 14.7 Å². The Kier molecular flexibility index (Phi) is 4.73. The zero-order chi connectivity index (χ0) is 19.2. The number of carbonyl (C=O) groups is 2. The molecule has 1 fully saturated rings. The largest absolute Gasteiger partial charge is 0.507 e. The maximum Gasteiger partial charge on any atom is 0.328 e. The number of likely N-dealkylation sites (N-methyl/N-ethyl adjacent to an activating group) is 1. The van der Waals surface area contributed by atoms with Gasteiger partial charge in [0.1, 0.15) is 11.4 Å². The minimum atomic E-state index is -0.399. The van der Waals surface area contributed by atoms with Gasteiger partial charge in [0.05, 0.1) is 0 Å². The average Bonchev–Trinajstić information content (AvgIpc) is 2.72. The lowest BCUT2D eigenvalue weighted by molar-refractivity contribution is -0.122. The molecule has 2 rings (SSSR count). The van der Waals surface area contributed by atoms with Gasteiger partial charge in [0, 0.05) is 17.7 Å². The van der Waals surface area contributed by atoms with Gasteiger partial charge in [0.25, 0.3) is 5.91 Å². The standard InChI is InChI=1S/C20H28N2O3/c1-8-22-17(24)15(21-18(22)25)11-12-9-13(19(2,3)4)16(23)14(10-12)20(5,6)7/h9-11,23H,8H2,1-7H3,(H,21,25)/b15-11+. The van der Waals surface area contributed by atoms with Crippen molar-refractivity contribution in [2.24, 2.45) is 0 Å². The van der Waals surface area contributed by atoms with Crippen molar-refractivity contribution in [3.05, 3.63) is 34.5 Å². The van der Waals surface area contributed by atoms with Crippen LogP contribution in [-0.4, -0.2) is 28.5 Å². The van der Waals surface area contributed by atoms with Crippen molar-refractivity contribution in [3.63, 3.8) is 0 Å². The van der Waals surface area contributed by atoms with Gasteiger partial charge in [-0.1, -0.05) is 41.5 Å². The molecular formula is C20H28N2O3. The maximum atomic E-state index is 12.3. The predicted octanol–water partition coefficient (Wildman–Crippen LogP) is 3.90. The summed E-state index contributed by atoms with van der Waals surface area (Å²) in [6, 6.07) is 3.36. The first kappa shape index (κ1) is 19.0. The molecule has 3 amide bonds. The molecular weight excluding hydrogens is 316 g/mol. The molecule has 1 aliphatic heterocycles. The predicted molar refractivity (Wildman–Crippen MR) is 99.4 cm³/mol. The van der Waals surface area contributed by atoms with Crippen LogP contribution in [0.1, 0.15) is 65.2 Å². The molecule has 1 aromatic rings. The van der Waals surface area contributed by atoms with Gasteiger partial charge in [-0.15, -0.1) is 0 Å². The lowest BCUT2D eigenvalue weighted by Gasteiger charge is -2.28. The quantitative estimate of drug-likeness (QED) is 0.631. The normalized spacial score (nSPS) is 17.4. The van der Waals surface area contributed by atoms with Crippen LogP contribution in [0, 0.1) is 0 Å². The molecule has 0 spiro atoms. The highest BCUT2D eigenvalue weighted by Crippen LogP contribution is 2.40. The zero-order valence-electron chi connectivity index (χ0n) is 16.2. The van der Waals surface area contributed by atoms with E-state index in [4.69, 9.17) is 0 Å². The number of carbonyl (C=O) groups excluding carboxylic acids is 2. The third kappa shape index (κ3) is 3.70. The Bertz CT molecular complexity index is 714. The highest BCUT2D eigenvalue weighted by molar-refractivity contribution is 6.13. The van der Waals surface area contributed by atoms with Gasteiger partial charge < -0.3 is 10.4 Å². The second-order valence-corrected chi connectivity index (χ2v) is 8.50. The van der Waals surface area contributed by atoms with Crippen LogP contribution in [0.4, 0.5) is 4.79 Å². The van der Waals surface area contributed by atoms with Gasteiger partial charge in [-0.25, -0.2) is 4.79 Å². The van der Waals surface area contributed by atoms with E-state index in [1.54, 1.807) is 13.0 Å². The van der Waals surface area contributed by atoms with Crippen LogP contribution in [0.25, 0.3) is 6.08 Å². The molecule has 1 saturated heterocycles. The summed E-state index contributed by atoms with van der Waals surface area (Å²) in [7, 11) is 0.